The lowest BCUT2D eigenvalue weighted by Gasteiger charge is -2.15. The zero-order valence-electron chi connectivity index (χ0n) is 10.4. The molecule has 1 atom stereocenters. The highest BCUT2D eigenvalue weighted by Crippen LogP contribution is 2.13. The molecule has 6 heteroatoms. The molecule has 2 aromatic heterocycles. The molecule has 1 unspecified atom stereocenters. The number of ether oxygens (including phenoxy) is 1. The van der Waals surface area contributed by atoms with E-state index in [2.05, 4.69) is 19.9 Å². The van der Waals surface area contributed by atoms with E-state index in [1.165, 1.54) is 12.3 Å². The summed E-state index contributed by atoms with van der Waals surface area (Å²) in [6.45, 7) is 2.05. The maximum Gasteiger partial charge on any atom is 0.250 e. The highest BCUT2D eigenvalue weighted by molar-refractivity contribution is 5.12. The SMILES string of the molecule is Fc1cccnc1OCC1CCn2cncc2CN1. The fraction of sp³-hybridized carbons (Fsp3) is 0.385. The molecule has 0 bridgehead atoms. The number of pyridine rings is 1. The number of halogens is 1. The van der Waals surface area contributed by atoms with Crippen LogP contribution in [0.25, 0.3) is 0 Å². The summed E-state index contributed by atoms with van der Waals surface area (Å²) in [6, 6.07) is 3.08. The summed E-state index contributed by atoms with van der Waals surface area (Å²) in [5, 5.41) is 3.38. The minimum Gasteiger partial charge on any atom is -0.474 e. The van der Waals surface area contributed by atoms with Crippen molar-refractivity contribution in [3.8, 4) is 5.88 Å². The number of imidazole rings is 1. The average molecular weight is 262 g/mol. The third-order valence-corrected chi connectivity index (χ3v) is 3.23. The maximum absolute atomic E-state index is 13.4. The Hall–Kier alpha value is -1.95. The Morgan fingerprint density at radius 1 is 1.53 bits per heavy atom. The molecule has 0 spiro atoms. The van der Waals surface area contributed by atoms with E-state index in [9.17, 15) is 4.39 Å². The van der Waals surface area contributed by atoms with Crippen LogP contribution in [0.5, 0.6) is 5.88 Å². The van der Waals surface area contributed by atoms with Crippen LogP contribution in [0.3, 0.4) is 0 Å². The number of nitrogens with zero attached hydrogens (tertiary/aromatic N) is 3. The number of fused-ring (bicyclic) bond motifs is 1. The Bertz CT molecular complexity index is 535. The summed E-state index contributed by atoms with van der Waals surface area (Å²) in [7, 11) is 0. The molecule has 0 aromatic carbocycles. The van der Waals surface area contributed by atoms with Crippen molar-refractivity contribution < 1.29 is 9.13 Å². The van der Waals surface area contributed by atoms with Crippen molar-refractivity contribution in [3.63, 3.8) is 0 Å². The van der Waals surface area contributed by atoms with E-state index in [4.69, 9.17) is 4.74 Å². The zero-order valence-corrected chi connectivity index (χ0v) is 10.4. The van der Waals surface area contributed by atoms with Crippen LogP contribution in [0, 0.1) is 5.82 Å². The highest BCUT2D eigenvalue weighted by Gasteiger charge is 2.16. The second-order valence-corrected chi connectivity index (χ2v) is 4.55. The average Bonchev–Trinajstić information content (AvgIpc) is 2.79. The van der Waals surface area contributed by atoms with E-state index in [0.29, 0.717) is 6.61 Å². The van der Waals surface area contributed by atoms with Crippen molar-refractivity contribution in [1.29, 1.82) is 0 Å². The predicted octanol–water partition coefficient (Wildman–Crippen LogP) is 1.36. The van der Waals surface area contributed by atoms with Gasteiger partial charge < -0.3 is 14.6 Å². The standard InChI is InChI=1S/C13H15FN4O/c14-12-2-1-4-16-13(12)19-8-10-3-5-18-9-15-6-11(18)7-17-10/h1-2,4,6,9-10,17H,3,5,7-8H2. The lowest BCUT2D eigenvalue weighted by atomic mass is 10.2. The van der Waals surface area contributed by atoms with Gasteiger partial charge in [0.2, 0.25) is 5.88 Å². The summed E-state index contributed by atoms with van der Waals surface area (Å²) in [6.07, 6.45) is 6.13. The van der Waals surface area contributed by atoms with Gasteiger partial charge in [-0.3, -0.25) is 0 Å². The molecule has 0 aliphatic carbocycles. The molecule has 19 heavy (non-hydrogen) atoms. The largest absolute Gasteiger partial charge is 0.474 e. The van der Waals surface area contributed by atoms with E-state index >= 15 is 0 Å². The number of rotatable bonds is 3. The zero-order chi connectivity index (χ0) is 13.1. The topological polar surface area (TPSA) is 52.0 Å². The van der Waals surface area contributed by atoms with Gasteiger partial charge in [0.15, 0.2) is 5.82 Å². The first-order valence-electron chi connectivity index (χ1n) is 6.28. The molecule has 1 aliphatic rings. The monoisotopic (exact) mass is 262 g/mol. The van der Waals surface area contributed by atoms with Crippen LogP contribution in [0.15, 0.2) is 30.9 Å². The quantitative estimate of drug-likeness (QED) is 0.907. The smallest absolute Gasteiger partial charge is 0.250 e. The van der Waals surface area contributed by atoms with Crippen molar-refractivity contribution in [1.82, 2.24) is 19.9 Å². The summed E-state index contributed by atoms with van der Waals surface area (Å²) in [4.78, 5) is 7.98. The van der Waals surface area contributed by atoms with Gasteiger partial charge in [0.1, 0.15) is 6.61 Å². The molecular formula is C13H15FN4O. The van der Waals surface area contributed by atoms with Crippen molar-refractivity contribution in [3.05, 3.63) is 42.4 Å². The molecule has 1 aliphatic heterocycles. The van der Waals surface area contributed by atoms with Crippen LogP contribution in [0.1, 0.15) is 12.1 Å². The van der Waals surface area contributed by atoms with Gasteiger partial charge >= 0.3 is 0 Å². The fourth-order valence-corrected chi connectivity index (χ4v) is 2.14. The third kappa shape index (κ3) is 2.73. The van der Waals surface area contributed by atoms with Crippen LogP contribution in [-0.4, -0.2) is 27.2 Å². The van der Waals surface area contributed by atoms with Crippen LogP contribution >= 0.6 is 0 Å². The first kappa shape index (κ1) is 12.1. The molecule has 1 N–H and O–H groups in total. The van der Waals surface area contributed by atoms with Gasteiger partial charge in [-0.25, -0.2) is 14.4 Å². The van der Waals surface area contributed by atoms with E-state index in [0.717, 1.165) is 25.2 Å². The predicted molar refractivity (Wildman–Crippen MR) is 67.2 cm³/mol. The minimum absolute atomic E-state index is 0.0647. The Kier molecular flexibility index (Phi) is 3.41. The number of hydrogen-bond donors (Lipinski definition) is 1. The van der Waals surface area contributed by atoms with Gasteiger partial charge in [0.25, 0.3) is 0 Å². The molecule has 0 amide bonds. The Morgan fingerprint density at radius 2 is 2.47 bits per heavy atom. The third-order valence-electron chi connectivity index (χ3n) is 3.23. The molecule has 3 heterocycles. The van der Waals surface area contributed by atoms with Gasteiger partial charge in [-0.1, -0.05) is 0 Å². The first-order valence-corrected chi connectivity index (χ1v) is 6.28. The first-order chi connectivity index (χ1) is 9.33. The molecule has 3 rings (SSSR count). The fourth-order valence-electron chi connectivity index (χ4n) is 2.14. The Morgan fingerprint density at radius 3 is 3.37 bits per heavy atom. The number of aromatic nitrogens is 3. The molecule has 0 saturated carbocycles. The molecule has 0 saturated heterocycles. The molecule has 100 valence electrons. The van der Waals surface area contributed by atoms with E-state index in [1.807, 2.05) is 12.5 Å². The lowest BCUT2D eigenvalue weighted by Crippen LogP contribution is -2.33. The highest BCUT2D eigenvalue weighted by atomic mass is 19.1. The molecular weight excluding hydrogens is 247 g/mol. The summed E-state index contributed by atoms with van der Waals surface area (Å²) in [5.41, 5.74) is 1.16. The normalized spacial score (nSPS) is 18.7. The van der Waals surface area contributed by atoms with Crippen LogP contribution in [-0.2, 0) is 13.1 Å². The van der Waals surface area contributed by atoms with Gasteiger partial charge in [0, 0.05) is 31.5 Å². The van der Waals surface area contributed by atoms with Crippen LogP contribution in [0.2, 0.25) is 0 Å². The molecule has 0 fully saturated rings. The number of hydrogen-bond acceptors (Lipinski definition) is 4. The second kappa shape index (κ2) is 5.36. The van der Waals surface area contributed by atoms with Gasteiger partial charge in [-0.05, 0) is 18.6 Å². The molecule has 5 nitrogen and oxygen atoms in total. The van der Waals surface area contributed by atoms with Crippen molar-refractivity contribution in [2.24, 2.45) is 0 Å². The summed E-state index contributed by atoms with van der Waals surface area (Å²) in [5.74, 6) is -0.360. The molecule has 0 radical (unpaired) electrons. The lowest BCUT2D eigenvalue weighted by molar-refractivity contribution is 0.237. The Labute approximate surface area is 110 Å². The Balaban J connectivity index is 1.57. The number of aryl methyl sites for hydroxylation is 1. The molecule has 2 aromatic rings. The van der Waals surface area contributed by atoms with E-state index < -0.39 is 5.82 Å². The van der Waals surface area contributed by atoms with Crippen molar-refractivity contribution >= 4 is 0 Å². The van der Waals surface area contributed by atoms with Gasteiger partial charge in [-0.15, -0.1) is 0 Å². The van der Waals surface area contributed by atoms with E-state index in [-0.39, 0.29) is 11.9 Å². The van der Waals surface area contributed by atoms with Gasteiger partial charge in [-0.2, -0.15) is 0 Å². The summed E-state index contributed by atoms with van der Waals surface area (Å²) < 4.78 is 20.9. The minimum atomic E-state index is -0.424. The second-order valence-electron chi connectivity index (χ2n) is 4.55. The number of nitrogens with one attached hydrogen (secondary N) is 1. The van der Waals surface area contributed by atoms with Crippen LogP contribution in [0.4, 0.5) is 4.39 Å². The van der Waals surface area contributed by atoms with Crippen molar-refractivity contribution in [2.45, 2.75) is 25.6 Å². The summed E-state index contributed by atoms with van der Waals surface area (Å²) >= 11 is 0. The van der Waals surface area contributed by atoms with Crippen LogP contribution < -0.4 is 10.1 Å². The maximum atomic E-state index is 13.4. The van der Waals surface area contributed by atoms with E-state index in [1.54, 1.807) is 6.07 Å². The van der Waals surface area contributed by atoms with Crippen molar-refractivity contribution in [2.75, 3.05) is 6.61 Å². The van der Waals surface area contributed by atoms with Gasteiger partial charge in [0.05, 0.1) is 12.0 Å².